The van der Waals surface area contributed by atoms with Crippen molar-refractivity contribution < 1.29 is 9.53 Å². The maximum atomic E-state index is 12.3. The van der Waals surface area contributed by atoms with Gasteiger partial charge in [0, 0.05) is 25.7 Å². The number of ether oxygens (including phenoxy) is 1. The molecule has 1 N–H and O–H groups in total. The molecule has 0 aromatic heterocycles. The summed E-state index contributed by atoms with van der Waals surface area (Å²) in [5.41, 5.74) is 2.29. The molecule has 19 heavy (non-hydrogen) atoms. The molecule has 0 aliphatic carbocycles. The Morgan fingerprint density at radius 3 is 2.89 bits per heavy atom. The molecule has 1 aromatic rings. The lowest BCUT2D eigenvalue weighted by Crippen LogP contribution is -2.41. The van der Waals surface area contributed by atoms with Gasteiger partial charge in [0.05, 0.1) is 12.7 Å². The average Bonchev–Trinajstić information content (AvgIpc) is 2.80. The molecule has 0 unspecified atom stereocenters. The molecule has 1 atom stereocenters. The SMILES string of the molecule is CC(C)OCCN(C)C(=O)[C@@H]1Cc2ccccc2N1. The Bertz CT molecular complexity index is 421. The molecule has 4 nitrogen and oxygen atoms in total. The van der Waals surface area contributed by atoms with Crippen molar-refractivity contribution in [3.63, 3.8) is 0 Å². The molecule has 4 heteroatoms. The number of carbonyl (C=O) groups excluding carboxylic acids is 1. The van der Waals surface area contributed by atoms with E-state index in [9.17, 15) is 4.79 Å². The van der Waals surface area contributed by atoms with Crippen LogP contribution in [0.25, 0.3) is 0 Å². The molecule has 2 rings (SSSR count). The number of benzene rings is 1. The second-order valence-electron chi connectivity index (χ2n) is 5.24. The smallest absolute Gasteiger partial charge is 0.245 e. The summed E-state index contributed by atoms with van der Waals surface area (Å²) in [4.78, 5) is 14.0. The van der Waals surface area contributed by atoms with E-state index in [0.29, 0.717) is 13.2 Å². The van der Waals surface area contributed by atoms with E-state index in [1.54, 1.807) is 4.90 Å². The van der Waals surface area contributed by atoms with Crippen LogP contribution in [0.2, 0.25) is 0 Å². The number of nitrogens with one attached hydrogen (secondary N) is 1. The molecule has 1 aliphatic rings. The first kappa shape index (κ1) is 13.9. The summed E-state index contributed by atoms with van der Waals surface area (Å²) in [6.45, 7) is 5.21. The van der Waals surface area contributed by atoms with Crippen molar-refractivity contribution in [2.75, 3.05) is 25.5 Å². The molecule has 104 valence electrons. The predicted molar refractivity (Wildman–Crippen MR) is 76.3 cm³/mol. The molecule has 1 heterocycles. The van der Waals surface area contributed by atoms with Crippen molar-refractivity contribution in [1.29, 1.82) is 0 Å². The summed E-state index contributed by atoms with van der Waals surface area (Å²) >= 11 is 0. The summed E-state index contributed by atoms with van der Waals surface area (Å²) in [7, 11) is 1.83. The molecular weight excluding hydrogens is 240 g/mol. The van der Waals surface area contributed by atoms with Gasteiger partial charge in [-0.1, -0.05) is 18.2 Å². The Hall–Kier alpha value is -1.55. The lowest BCUT2D eigenvalue weighted by molar-refractivity contribution is -0.131. The van der Waals surface area contributed by atoms with E-state index in [0.717, 1.165) is 12.1 Å². The molecule has 0 radical (unpaired) electrons. The molecule has 1 aliphatic heterocycles. The predicted octanol–water partition coefficient (Wildman–Crippen LogP) is 1.91. The Kier molecular flexibility index (Phi) is 4.43. The van der Waals surface area contributed by atoms with Crippen LogP contribution in [0, 0.1) is 0 Å². The van der Waals surface area contributed by atoms with E-state index in [2.05, 4.69) is 11.4 Å². The van der Waals surface area contributed by atoms with Crippen LogP contribution in [0.5, 0.6) is 0 Å². The quantitative estimate of drug-likeness (QED) is 0.881. The van der Waals surface area contributed by atoms with Crippen LogP contribution >= 0.6 is 0 Å². The molecule has 0 saturated heterocycles. The fourth-order valence-corrected chi connectivity index (χ4v) is 2.25. The minimum absolute atomic E-state index is 0.128. The van der Waals surface area contributed by atoms with Gasteiger partial charge in [-0.25, -0.2) is 0 Å². The number of amides is 1. The van der Waals surface area contributed by atoms with Crippen LogP contribution in [0.4, 0.5) is 5.69 Å². The van der Waals surface area contributed by atoms with E-state index >= 15 is 0 Å². The largest absolute Gasteiger partial charge is 0.377 e. The van der Waals surface area contributed by atoms with Crippen LogP contribution in [0.15, 0.2) is 24.3 Å². The number of likely N-dealkylation sites (N-methyl/N-ethyl adjacent to an activating group) is 1. The van der Waals surface area contributed by atoms with Gasteiger partial charge < -0.3 is 15.0 Å². The van der Waals surface area contributed by atoms with Crippen molar-refractivity contribution in [2.24, 2.45) is 0 Å². The second kappa shape index (κ2) is 6.06. The van der Waals surface area contributed by atoms with Gasteiger partial charge in [-0.15, -0.1) is 0 Å². The number of hydrogen-bond donors (Lipinski definition) is 1. The summed E-state index contributed by atoms with van der Waals surface area (Å²) < 4.78 is 5.47. The summed E-state index contributed by atoms with van der Waals surface area (Å²) in [5, 5.41) is 3.28. The number of hydrogen-bond acceptors (Lipinski definition) is 3. The van der Waals surface area contributed by atoms with E-state index < -0.39 is 0 Å². The molecule has 1 aromatic carbocycles. The zero-order chi connectivity index (χ0) is 13.8. The third kappa shape index (κ3) is 3.47. The Labute approximate surface area is 114 Å². The highest BCUT2D eigenvalue weighted by molar-refractivity contribution is 5.87. The van der Waals surface area contributed by atoms with Gasteiger partial charge in [0.1, 0.15) is 6.04 Å². The van der Waals surface area contributed by atoms with E-state index in [1.165, 1.54) is 5.56 Å². The van der Waals surface area contributed by atoms with Gasteiger partial charge in [0.25, 0.3) is 0 Å². The number of fused-ring (bicyclic) bond motifs is 1. The van der Waals surface area contributed by atoms with Crippen LogP contribution in [-0.2, 0) is 16.0 Å². The number of rotatable bonds is 5. The lowest BCUT2D eigenvalue weighted by atomic mass is 10.1. The third-order valence-electron chi connectivity index (χ3n) is 3.32. The highest BCUT2D eigenvalue weighted by Crippen LogP contribution is 2.25. The van der Waals surface area contributed by atoms with Gasteiger partial charge in [0.15, 0.2) is 0 Å². The molecular formula is C15H22N2O2. The maximum Gasteiger partial charge on any atom is 0.245 e. The average molecular weight is 262 g/mol. The molecule has 0 spiro atoms. The fourth-order valence-electron chi connectivity index (χ4n) is 2.25. The van der Waals surface area contributed by atoms with Crippen LogP contribution < -0.4 is 5.32 Å². The molecule has 0 fully saturated rings. The Morgan fingerprint density at radius 2 is 2.21 bits per heavy atom. The topological polar surface area (TPSA) is 41.6 Å². The van der Waals surface area contributed by atoms with Gasteiger partial charge in [-0.05, 0) is 25.5 Å². The van der Waals surface area contributed by atoms with Crippen molar-refractivity contribution in [3.05, 3.63) is 29.8 Å². The van der Waals surface area contributed by atoms with Gasteiger partial charge >= 0.3 is 0 Å². The van der Waals surface area contributed by atoms with Gasteiger partial charge in [-0.3, -0.25) is 4.79 Å². The minimum Gasteiger partial charge on any atom is -0.377 e. The molecule has 0 bridgehead atoms. The van der Waals surface area contributed by atoms with Gasteiger partial charge in [0.2, 0.25) is 5.91 Å². The zero-order valence-electron chi connectivity index (χ0n) is 11.8. The number of anilines is 1. The van der Waals surface area contributed by atoms with Gasteiger partial charge in [-0.2, -0.15) is 0 Å². The maximum absolute atomic E-state index is 12.3. The first-order chi connectivity index (χ1) is 9.08. The highest BCUT2D eigenvalue weighted by atomic mass is 16.5. The first-order valence-electron chi connectivity index (χ1n) is 6.79. The molecule has 1 amide bonds. The Balaban J connectivity index is 1.85. The van der Waals surface area contributed by atoms with E-state index in [1.807, 2.05) is 39.1 Å². The monoisotopic (exact) mass is 262 g/mol. The number of carbonyl (C=O) groups is 1. The summed E-state index contributed by atoms with van der Waals surface area (Å²) in [6.07, 6.45) is 0.974. The van der Waals surface area contributed by atoms with Crippen LogP contribution in [0.1, 0.15) is 19.4 Å². The van der Waals surface area contributed by atoms with Crippen LogP contribution in [-0.4, -0.2) is 43.2 Å². The first-order valence-corrected chi connectivity index (χ1v) is 6.79. The third-order valence-corrected chi connectivity index (χ3v) is 3.32. The highest BCUT2D eigenvalue weighted by Gasteiger charge is 2.28. The number of para-hydroxylation sites is 1. The normalized spacial score (nSPS) is 17.2. The standard InChI is InChI=1S/C15H22N2O2/c1-11(2)19-9-8-17(3)15(18)14-10-12-6-4-5-7-13(12)16-14/h4-7,11,14,16H,8-10H2,1-3H3/t14-/m0/s1. The van der Waals surface area contributed by atoms with Crippen molar-refractivity contribution in [1.82, 2.24) is 4.90 Å². The molecule has 0 saturated carbocycles. The number of nitrogens with zero attached hydrogens (tertiary/aromatic N) is 1. The zero-order valence-corrected chi connectivity index (χ0v) is 11.8. The Morgan fingerprint density at radius 1 is 1.47 bits per heavy atom. The van der Waals surface area contributed by atoms with Crippen molar-refractivity contribution in [2.45, 2.75) is 32.4 Å². The van der Waals surface area contributed by atoms with E-state index in [4.69, 9.17) is 4.74 Å². The van der Waals surface area contributed by atoms with Crippen LogP contribution in [0.3, 0.4) is 0 Å². The van der Waals surface area contributed by atoms with Crippen molar-refractivity contribution >= 4 is 11.6 Å². The summed E-state index contributed by atoms with van der Waals surface area (Å²) in [5.74, 6) is 0.128. The minimum atomic E-state index is -0.138. The van der Waals surface area contributed by atoms with E-state index in [-0.39, 0.29) is 18.1 Å². The van der Waals surface area contributed by atoms with Crippen molar-refractivity contribution in [3.8, 4) is 0 Å². The lowest BCUT2D eigenvalue weighted by Gasteiger charge is -2.22. The fraction of sp³-hybridized carbons (Fsp3) is 0.533. The summed E-state index contributed by atoms with van der Waals surface area (Å²) in [6, 6.07) is 7.94. The second-order valence-corrected chi connectivity index (χ2v) is 5.24.